The molecule has 0 radical (unpaired) electrons. The molecule has 2 aromatic carbocycles. The molecule has 0 aromatic heterocycles. The van der Waals surface area contributed by atoms with Gasteiger partial charge in [-0.2, -0.15) is 0 Å². The molecule has 140 valence electrons. The van der Waals surface area contributed by atoms with Crippen molar-refractivity contribution in [1.29, 1.82) is 0 Å². The lowest BCUT2D eigenvalue weighted by atomic mass is 10.1. The summed E-state index contributed by atoms with van der Waals surface area (Å²) >= 11 is 11.7. The summed E-state index contributed by atoms with van der Waals surface area (Å²) in [6.07, 6.45) is -0.0799. The molecular weight excluding hydrogens is 394 g/mol. The highest BCUT2D eigenvalue weighted by molar-refractivity contribution is 6.35. The first-order chi connectivity index (χ1) is 12.8. The van der Waals surface area contributed by atoms with Gasteiger partial charge in [0.25, 0.3) is 11.8 Å². The third kappa shape index (κ3) is 3.82. The summed E-state index contributed by atoms with van der Waals surface area (Å²) in [6, 6.07) is 8.38. The largest absolute Gasteiger partial charge is 0.349 e. The van der Waals surface area contributed by atoms with Crippen LogP contribution in [0.3, 0.4) is 0 Å². The molecule has 1 N–H and O–H groups in total. The number of amides is 3. The molecule has 1 heterocycles. The molecule has 0 saturated heterocycles. The second kappa shape index (κ2) is 7.66. The number of fused-ring (bicyclic) bond motifs is 1. The molecule has 0 aliphatic carbocycles. The Morgan fingerprint density at radius 3 is 2.30 bits per heavy atom. The van der Waals surface area contributed by atoms with E-state index in [1.165, 1.54) is 12.1 Å². The molecule has 1 aliphatic heterocycles. The maximum atomic E-state index is 13.6. The smallest absolute Gasteiger partial charge is 0.261 e. The van der Waals surface area contributed by atoms with E-state index in [9.17, 15) is 18.8 Å². The molecule has 0 unspecified atom stereocenters. The minimum Gasteiger partial charge on any atom is -0.349 e. The van der Waals surface area contributed by atoms with E-state index in [2.05, 4.69) is 5.32 Å². The van der Waals surface area contributed by atoms with Crippen molar-refractivity contribution in [3.8, 4) is 0 Å². The van der Waals surface area contributed by atoms with Crippen LogP contribution >= 0.6 is 23.2 Å². The number of nitrogens with one attached hydrogen (secondary N) is 1. The normalized spacial score (nSPS) is 14.3. The van der Waals surface area contributed by atoms with E-state index in [4.69, 9.17) is 23.2 Å². The van der Waals surface area contributed by atoms with Gasteiger partial charge in [0.2, 0.25) is 5.91 Å². The first-order valence-electron chi connectivity index (χ1n) is 8.18. The lowest BCUT2D eigenvalue weighted by Gasteiger charge is -2.18. The summed E-state index contributed by atoms with van der Waals surface area (Å²) in [6.45, 7) is 1.60. The van der Waals surface area contributed by atoms with Gasteiger partial charge in [0, 0.05) is 18.0 Å². The van der Waals surface area contributed by atoms with Crippen LogP contribution in [0.15, 0.2) is 36.4 Å². The van der Waals surface area contributed by atoms with E-state index in [-0.39, 0.29) is 23.0 Å². The lowest BCUT2D eigenvalue weighted by Crippen LogP contribution is -2.35. The zero-order valence-electron chi connectivity index (χ0n) is 14.3. The van der Waals surface area contributed by atoms with Crippen molar-refractivity contribution in [2.45, 2.75) is 19.4 Å². The molecule has 1 atom stereocenters. The third-order valence-corrected chi connectivity index (χ3v) is 4.94. The monoisotopic (exact) mass is 408 g/mol. The van der Waals surface area contributed by atoms with Crippen LogP contribution in [0.25, 0.3) is 0 Å². The van der Waals surface area contributed by atoms with Gasteiger partial charge in [-0.25, -0.2) is 4.39 Å². The van der Waals surface area contributed by atoms with E-state index in [0.717, 1.165) is 4.90 Å². The Hall–Kier alpha value is -2.44. The zero-order chi connectivity index (χ0) is 19.7. The molecule has 27 heavy (non-hydrogen) atoms. The summed E-state index contributed by atoms with van der Waals surface area (Å²) in [5.41, 5.74) is 1.05. The van der Waals surface area contributed by atoms with Gasteiger partial charge in [-0.3, -0.25) is 19.3 Å². The Morgan fingerprint density at radius 1 is 1.11 bits per heavy atom. The van der Waals surface area contributed by atoms with Crippen LogP contribution in [0, 0.1) is 5.82 Å². The molecule has 2 aromatic rings. The van der Waals surface area contributed by atoms with Crippen LogP contribution in [0.5, 0.6) is 0 Å². The predicted molar refractivity (Wildman–Crippen MR) is 99.4 cm³/mol. The van der Waals surface area contributed by atoms with Crippen molar-refractivity contribution in [2.24, 2.45) is 0 Å². The molecule has 1 aliphatic rings. The molecule has 0 spiro atoms. The van der Waals surface area contributed by atoms with E-state index in [0.29, 0.717) is 16.7 Å². The summed E-state index contributed by atoms with van der Waals surface area (Å²) in [7, 11) is 0. The maximum Gasteiger partial charge on any atom is 0.261 e. The quantitative estimate of drug-likeness (QED) is 0.600. The first kappa shape index (κ1) is 19.3. The van der Waals surface area contributed by atoms with Gasteiger partial charge in [0.1, 0.15) is 5.82 Å². The average molecular weight is 409 g/mol. The fourth-order valence-electron chi connectivity index (χ4n) is 2.92. The number of carbonyl (C=O) groups excluding carboxylic acids is 3. The molecular formula is C19H15Cl2FN2O3. The third-order valence-electron chi connectivity index (χ3n) is 4.32. The second-order valence-electron chi connectivity index (χ2n) is 6.13. The Labute approximate surface area is 165 Å². The van der Waals surface area contributed by atoms with Crippen LogP contribution in [0.1, 0.15) is 45.7 Å². The van der Waals surface area contributed by atoms with Gasteiger partial charge in [-0.05, 0) is 36.8 Å². The molecule has 3 rings (SSSR count). The molecule has 0 fully saturated rings. The van der Waals surface area contributed by atoms with Crippen LogP contribution in [0.4, 0.5) is 4.39 Å². The molecule has 5 nitrogen and oxygen atoms in total. The Bertz CT molecular complexity index is 914. The zero-order valence-corrected chi connectivity index (χ0v) is 15.8. The van der Waals surface area contributed by atoms with Crippen molar-refractivity contribution in [3.05, 3.63) is 69.0 Å². The molecule has 0 saturated carbocycles. The highest BCUT2D eigenvalue weighted by Gasteiger charge is 2.35. The minimum atomic E-state index is -0.636. The number of benzene rings is 2. The average Bonchev–Trinajstić information content (AvgIpc) is 2.87. The number of halogens is 3. The predicted octanol–water partition coefficient (Wildman–Crippen LogP) is 4.00. The fourth-order valence-corrected chi connectivity index (χ4v) is 3.46. The van der Waals surface area contributed by atoms with Crippen molar-refractivity contribution in [2.75, 3.05) is 6.54 Å². The van der Waals surface area contributed by atoms with Gasteiger partial charge < -0.3 is 5.32 Å². The number of nitrogens with zero attached hydrogens (tertiary/aromatic N) is 1. The van der Waals surface area contributed by atoms with E-state index < -0.39 is 29.6 Å². The van der Waals surface area contributed by atoms with Crippen molar-refractivity contribution >= 4 is 40.9 Å². The second-order valence-corrected chi connectivity index (χ2v) is 6.95. The van der Waals surface area contributed by atoms with Crippen molar-refractivity contribution in [1.82, 2.24) is 10.2 Å². The van der Waals surface area contributed by atoms with Gasteiger partial charge in [0.05, 0.1) is 22.2 Å². The molecule has 3 amide bonds. The van der Waals surface area contributed by atoms with Crippen LogP contribution < -0.4 is 5.32 Å². The summed E-state index contributed by atoms with van der Waals surface area (Å²) in [5.74, 6) is -1.87. The summed E-state index contributed by atoms with van der Waals surface area (Å²) < 4.78 is 13.6. The number of hydrogen-bond acceptors (Lipinski definition) is 3. The fraction of sp³-hybridized carbons (Fsp3) is 0.211. The minimum absolute atomic E-state index is 0.0480. The van der Waals surface area contributed by atoms with Crippen LogP contribution in [0.2, 0.25) is 10.0 Å². The number of carbonyl (C=O) groups is 3. The highest BCUT2D eigenvalue weighted by Crippen LogP contribution is 2.28. The summed E-state index contributed by atoms with van der Waals surface area (Å²) in [4.78, 5) is 37.8. The Balaban J connectivity index is 1.62. The lowest BCUT2D eigenvalue weighted by molar-refractivity contribution is -0.121. The Morgan fingerprint density at radius 2 is 1.70 bits per heavy atom. The number of rotatable bonds is 5. The highest BCUT2D eigenvalue weighted by atomic mass is 35.5. The molecule has 8 heteroatoms. The van der Waals surface area contributed by atoms with Gasteiger partial charge >= 0.3 is 0 Å². The van der Waals surface area contributed by atoms with Gasteiger partial charge in [-0.15, -0.1) is 0 Å². The van der Waals surface area contributed by atoms with Gasteiger partial charge in [0.15, 0.2) is 0 Å². The van der Waals surface area contributed by atoms with Crippen LogP contribution in [-0.2, 0) is 4.79 Å². The summed E-state index contributed by atoms with van der Waals surface area (Å²) in [5, 5.41) is 2.80. The topological polar surface area (TPSA) is 66.5 Å². The van der Waals surface area contributed by atoms with Gasteiger partial charge in [-0.1, -0.05) is 35.3 Å². The van der Waals surface area contributed by atoms with Crippen LogP contribution in [-0.4, -0.2) is 29.2 Å². The number of hydrogen-bond donors (Lipinski definition) is 1. The SMILES string of the molecule is C[C@H](NC(=O)CCN1C(=O)c2ccccc2C1=O)c1cc(F)c(Cl)cc1Cl. The van der Waals surface area contributed by atoms with Crippen molar-refractivity contribution in [3.63, 3.8) is 0 Å². The Kier molecular flexibility index (Phi) is 5.48. The van der Waals surface area contributed by atoms with Crippen molar-refractivity contribution < 1.29 is 18.8 Å². The standard InChI is InChI=1S/C19H15Cl2FN2O3/c1-10(13-8-16(22)15(21)9-14(13)20)23-17(25)6-7-24-18(26)11-4-2-3-5-12(11)19(24)27/h2-5,8-10H,6-7H2,1H3,(H,23,25)/t10-/m0/s1. The molecule has 0 bridgehead atoms. The maximum absolute atomic E-state index is 13.6. The van der Waals surface area contributed by atoms with E-state index in [1.807, 2.05) is 0 Å². The number of imide groups is 1. The van der Waals surface area contributed by atoms with E-state index in [1.54, 1.807) is 31.2 Å². The first-order valence-corrected chi connectivity index (χ1v) is 8.94. The van der Waals surface area contributed by atoms with E-state index >= 15 is 0 Å².